The lowest BCUT2D eigenvalue weighted by atomic mass is 9.49. The van der Waals surface area contributed by atoms with Crippen molar-refractivity contribution in [2.24, 2.45) is 40.9 Å². The quantitative estimate of drug-likeness (QED) is 0.670. The molecule has 4 fully saturated rings. The summed E-state index contributed by atoms with van der Waals surface area (Å²) >= 11 is 2.21. The van der Waals surface area contributed by atoms with Crippen molar-refractivity contribution in [3.8, 4) is 0 Å². The predicted molar refractivity (Wildman–Crippen MR) is 112 cm³/mol. The zero-order chi connectivity index (χ0) is 19.4. The minimum absolute atomic E-state index is 0.156. The molecule has 0 bridgehead atoms. The van der Waals surface area contributed by atoms with Gasteiger partial charge in [0, 0.05) is 11.4 Å². The first-order chi connectivity index (χ1) is 12.8. The first-order valence-corrected chi connectivity index (χ1v) is 12.4. The fraction of sp³-hybridized carbons (Fsp3) is 1.00. The average Bonchev–Trinajstić information content (AvgIpc) is 2.98. The highest BCUT2D eigenvalue weighted by Crippen LogP contribution is 2.67. The van der Waals surface area contributed by atoms with Gasteiger partial charge in [0.1, 0.15) is 0 Å². The van der Waals surface area contributed by atoms with Gasteiger partial charge in [-0.1, -0.05) is 13.8 Å². The number of aliphatic hydroxyl groups is 3. The van der Waals surface area contributed by atoms with E-state index >= 15 is 0 Å². The predicted octanol–water partition coefficient (Wildman–Crippen LogP) is 4.09. The normalized spacial score (nSPS) is 53.3. The molecular formula is C23H40O3S. The van der Waals surface area contributed by atoms with E-state index in [1.165, 1.54) is 18.6 Å². The van der Waals surface area contributed by atoms with Gasteiger partial charge in [-0.15, -0.1) is 0 Å². The van der Waals surface area contributed by atoms with Crippen molar-refractivity contribution in [2.45, 2.75) is 89.1 Å². The molecule has 4 heteroatoms. The molecular weight excluding hydrogens is 356 g/mol. The Morgan fingerprint density at radius 2 is 1.85 bits per heavy atom. The van der Waals surface area contributed by atoms with Crippen LogP contribution in [0.15, 0.2) is 0 Å². The number of thioether (sulfide) groups is 1. The second-order valence-corrected chi connectivity index (χ2v) is 12.2. The minimum Gasteiger partial charge on any atom is -0.396 e. The zero-order valence-electron chi connectivity index (χ0n) is 17.4. The maximum atomic E-state index is 11.2. The van der Waals surface area contributed by atoms with Gasteiger partial charge in [-0.3, -0.25) is 0 Å². The van der Waals surface area contributed by atoms with Crippen molar-refractivity contribution < 1.29 is 15.3 Å². The molecule has 0 radical (unpaired) electrons. The molecule has 156 valence electrons. The second-order valence-electron chi connectivity index (χ2n) is 10.7. The number of hydrogen-bond acceptors (Lipinski definition) is 4. The van der Waals surface area contributed by atoms with E-state index in [0.717, 1.165) is 38.5 Å². The summed E-state index contributed by atoms with van der Waals surface area (Å²) in [6, 6.07) is 0. The van der Waals surface area contributed by atoms with Crippen LogP contribution in [0.4, 0.5) is 0 Å². The van der Waals surface area contributed by atoms with Crippen LogP contribution < -0.4 is 0 Å². The Bertz CT molecular complexity index is 542. The van der Waals surface area contributed by atoms with Crippen molar-refractivity contribution in [2.75, 3.05) is 12.4 Å². The molecule has 3 saturated carbocycles. The number of aliphatic hydroxyl groups excluding tert-OH is 3. The number of hydrogen-bond donors (Lipinski definition) is 3. The molecule has 3 nitrogen and oxygen atoms in total. The van der Waals surface area contributed by atoms with E-state index in [2.05, 4.69) is 32.5 Å². The van der Waals surface area contributed by atoms with Crippen LogP contribution in [-0.2, 0) is 0 Å². The summed E-state index contributed by atoms with van der Waals surface area (Å²) in [4.78, 5) is 0. The molecule has 1 aliphatic heterocycles. The van der Waals surface area contributed by atoms with Crippen LogP contribution >= 0.6 is 11.8 Å². The zero-order valence-corrected chi connectivity index (χ0v) is 18.3. The van der Waals surface area contributed by atoms with E-state index in [0.29, 0.717) is 47.5 Å². The van der Waals surface area contributed by atoms with Crippen molar-refractivity contribution >= 4 is 11.8 Å². The van der Waals surface area contributed by atoms with Gasteiger partial charge in [0.25, 0.3) is 0 Å². The summed E-state index contributed by atoms with van der Waals surface area (Å²) in [5.41, 5.74) is 0.304. The first-order valence-electron chi connectivity index (χ1n) is 11.4. The van der Waals surface area contributed by atoms with Crippen molar-refractivity contribution in [3.05, 3.63) is 0 Å². The van der Waals surface area contributed by atoms with E-state index in [1.54, 1.807) is 0 Å². The Morgan fingerprint density at radius 3 is 2.59 bits per heavy atom. The number of fused-ring (bicyclic) bond motifs is 5. The van der Waals surface area contributed by atoms with Gasteiger partial charge in [-0.2, -0.15) is 11.8 Å². The van der Waals surface area contributed by atoms with Crippen molar-refractivity contribution in [1.82, 2.24) is 0 Å². The average molecular weight is 397 g/mol. The molecule has 0 aromatic carbocycles. The highest BCUT2D eigenvalue weighted by atomic mass is 32.2. The third-order valence-corrected chi connectivity index (χ3v) is 11.3. The van der Waals surface area contributed by atoms with Crippen LogP contribution in [0.5, 0.6) is 0 Å². The topological polar surface area (TPSA) is 60.7 Å². The van der Waals surface area contributed by atoms with Crippen LogP contribution in [0, 0.1) is 40.9 Å². The maximum absolute atomic E-state index is 11.2. The van der Waals surface area contributed by atoms with E-state index < -0.39 is 0 Å². The maximum Gasteiger partial charge on any atom is 0.0577 e. The van der Waals surface area contributed by atoms with E-state index in [-0.39, 0.29) is 17.0 Å². The summed E-state index contributed by atoms with van der Waals surface area (Å²) in [6.45, 7) is 7.67. The smallest absolute Gasteiger partial charge is 0.0577 e. The summed E-state index contributed by atoms with van der Waals surface area (Å²) in [6.07, 6.45) is 8.12. The van der Waals surface area contributed by atoms with Crippen LogP contribution in [0.3, 0.4) is 0 Å². The fourth-order valence-electron chi connectivity index (χ4n) is 7.99. The Hall–Kier alpha value is 0.230. The molecule has 1 saturated heterocycles. The monoisotopic (exact) mass is 396 g/mol. The lowest BCUT2D eigenvalue weighted by Gasteiger charge is -2.62. The third kappa shape index (κ3) is 3.21. The highest BCUT2D eigenvalue weighted by molar-refractivity contribution is 8.00. The third-order valence-electron chi connectivity index (χ3n) is 9.59. The molecule has 0 spiro atoms. The molecule has 4 aliphatic rings. The molecule has 0 amide bonds. The van der Waals surface area contributed by atoms with Gasteiger partial charge in [-0.25, -0.2) is 0 Å². The molecule has 0 aromatic heterocycles. The molecule has 0 aromatic rings. The Labute approximate surface area is 169 Å². The standard InChI is InChI=1S/C23H40O3S/c1-14(5-4-10-24)17-6-7-18-21-19(13-27-23(17,18)3)22(2)9-8-16(25)11-15(22)12-20(21)26/h14-21,24-26H,4-13H2,1-3H3/t14-,15+,16-,17-,18+,19+,20-,21+,22+,23-/m1/s1. The summed E-state index contributed by atoms with van der Waals surface area (Å²) in [7, 11) is 0. The van der Waals surface area contributed by atoms with Crippen LogP contribution in [-0.4, -0.2) is 44.6 Å². The molecule has 4 rings (SSSR count). The van der Waals surface area contributed by atoms with E-state index in [4.69, 9.17) is 0 Å². The van der Waals surface area contributed by atoms with Gasteiger partial charge >= 0.3 is 0 Å². The summed E-state index contributed by atoms with van der Waals surface area (Å²) in [5.74, 6) is 4.72. The molecule has 3 aliphatic carbocycles. The lowest BCUT2D eigenvalue weighted by molar-refractivity contribution is -0.133. The SMILES string of the molecule is C[C@H](CCCO)[C@H]1CC[C@H]2[C@@H]3[C@H](O)C[C@@H]4C[C@H](O)CC[C@]4(C)[C@H]3CS[C@]12C. The van der Waals surface area contributed by atoms with Gasteiger partial charge in [0.05, 0.1) is 12.2 Å². The van der Waals surface area contributed by atoms with E-state index in [1.807, 2.05) is 0 Å². The largest absolute Gasteiger partial charge is 0.396 e. The molecule has 3 N–H and O–H groups in total. The Balaban J connectivity index is 1.57. The van der Waals surface area contributed by atoms with Gasteiger partial charge in [-0.05, 0) is 105 Å². The van der Waals surface area contributed by atoms with Crippen LogP contribution in [0.2, 0.25) is 0 Å². The van der Waals surface area contributed by atoms with Crippen molar-refractivity contribution in [1.29, 1.82) is 0 Å². The first kappa shape index (κ1) is 20.5. The van der Waals surface area contributed by atoms with Crippen LogP contribution in [0.25, 0.3) is 0 Å². The summed E-state index contributed by atoms with van der Waals surface area (Å²) in [5, 5.41) is 30.7. The van der Waals surface area contributed by atoms with Gasteiger partial charge in [0.15, 0.2) is 0 Å². The summed E-state index contributed by atoms with van der Waals surface area (Å²) < 4.78 is 0.286. The minimum atomic E-state index is -0.185. The Kier molecular flexibility index (Phi) is 5.68. The second kappa shape index (κ2) is 7.49. The molecule has 1 heterocycles. The Morgan fingerprint density at radius 1 is 1.07 bits per heavy atom. The number of rotatable bonds is 4. The molecule has 27 heavy (non-hydrogen) atoms. The highest BCUT2D eigenvalue weighted by Gasteiger charge is 2.63. The van der Waals surface area contributed by atoms with E-state index in [9.17, 15) is 15.3 Å². The lowest BCUT2D eigenvalue weighted by Crippen LogP contribution is -2.60. The van der Waals surface area contributed by atoms with Crippen molar-refractivity contribution in [3.63, 3.8) is 0 Å². The van der Waals surface area contributed by atoms with Gasteiger partial charge < -0.3 is 15.3 Å². The van der Waals surface area contributed by atoms with Crippen LogP contribution in [0.1, 0.15) is 72.1 Å². The molecule has 0 unspecified atom stereocenters. The van der Waals surface area contributed by atoms with Gasteiger partial charge in [0.2, 0.25) is 0 Å². The molecule has 10 atom stereocenters. The fourth-order valence-corrected chi connectivity index (χ4v) is 10.2.